The second-order valence-electron chi connectivity index (χ2n) is 4.97. The predicted octanol–water partition coefficient (Wildman–Crippen LogP) is 2.74. The molecule has 0 radical (unpaired) electrons. The molecule has 4 heteroatoms. The molecule has 3 nitrogen and oxygen atoms in total. The zero-order chi connectivity index (χ0) is 12.2. The lowest BCUT2D eigenvalue weighted by Crippen LogP contribution is -2.41. The van der Waals surface area contributed by atoms with Gasteiger partial charge in [-0.15, -0.1) is 12.4 Å². The molecule has 0 aliphatic rings. The number of hydrogen-bond donors (Lipinski definition) is 2. The Morgan fingerprint density at radius 2 is 1.82 bits per heavy atom. The summed E-state index contributed by atoms with van der Waals surface area (Å²) in [5.41, 5.74) is 1.91. The number of amides is 1. The number of halogens is 1. The standard InChI is InChI=1S/C13H20N2O.ClH/c1-10-7-5-6-8-11(10)15-12(16)9-14-13(2,3)4;/h5-8,14H,9H2,1-4H3,(H,15,16);1H. The van der Waals surface area contributed by atoms with E-state index in [4.69, 9.17) is 0 Å². The maximum Gasteiger partial charge on any atom is 0.238 e. The predicted molar refractivity (Wildman–Crippen MR) is 74.8 cm³/mol. The Morgan fingerprint density at radius 3 is 2.35 bits per heavy atom. The Hall–Kier alpha value is -1.06. The number of carbonyl (C=O) groups excluding carboxylic acids is 1. The highest BCUT2D eigenvalue weighted by Gasteiger charge is 2.11. The Bertz CT molecular complexity index is 372. The molecule has 0 spiro atoms. The Kier molecular flexibility index (Phi) is 6.21. The van der Waals surface area contributed by atoms with Gasteiger partial charge in [-0.3, -0.25) is 4.79 Å². The van der Waals surface area contributed by atoms with Gasteiger partial charge in [0.25, 0.3) is 0 Å². The summed E-state index contributed by atoms with van der Waals surface area (Å²) in [6.45, 7) is 8.42. The maximum atomic E-state index is 11.6. The zero-order valence-electron chi connectivity index (χ0n) is 10.8. The first-order valence-electron chi connectivity index (χ1n) is 5.49. The van der Waals surface area contributed by atoms with E-state index >= 15 is 0 Å². The van der Waals surface area contributed by atoms with E-state index in [0.29, 0.717) is 6.54 Å². The van der Waals surface area contributed by atoms with E-state index in [0.717, 1.165) is 11.3 Å². The molecule has 1 aromatic carbocycles. The molecule has 0 atom stereocenters. The SMILES string of the molecule is Cc1ccccc1NC(=O)CNC(C)(C)C.Cl. The molecule has 0 saturated heterocycles. The molecule has 17 heavy (non-hydrogen) atoms. The lowest BCUT2D eigenvalue weighted by Gasteiger charge is -2.20. The molecule has 1 aromatic rings. The van der Waals surface area contributed by atoms with Crippen LogP contribution in [0.3, 0.4) is 0 Å². The fraction of sp³-hybridized carbons (Fsp3) is 0.462. The minimum Gasteiger partial charge on any atom is -0.325 e. The molecule has 2 N–H and O–H groups in total. The van der Waals surface area contributed by atoms with Gasteiger partial charge in [0.1, 0.15) is 0 Å². The first-order chi connectivity index (χ1) is 7.38. The van der Waals surface area contributed by atoms with Crippen LogP contribution in [0, 0.1) is 6.92 Å². The third kappa shape index (κ3) is 6.29. The van der Waals surface area contributed by atoms with E-state index in [-0.39, 0.29) is 23.9 Å². The van der Waals surface area contributed by atoms with E-state index < -0.39 is 0 Å². The van der Waals surface area contributed by atoms with Crippen LogP contribution in [0.4, 0.5) is 5.69 Å². The lowest BCUT2D eigenvalue weighted by molar-refractivity contribution is -0.115. The molecule has 0 bridgehead atoms. The summed E-state index contributed by atoms with van der Waals surface area (Å²) in [5, 5.41) is 6.03. The molecule has 0 fully saturated rings. The van der Waals surface area contributed by atoms with Gasteiger partial charge in [0.2, 0.25) is 5.91 Å². The van der Waals surface area contributed by atoms with Crippen LogP contribution < -0.4 is 10.6 Å². The number of hydrogen-bond acceptors (Lipinski definition) is 2. The summed E-state index contributed by atoms with van der Waals surface area (Å²) >= 11 is 0. The van der Waals surface area contributed by atoms with Crippen molar-refractivity contribution in [2.24, 2.45) is 0 Å². The second kappa shape index (κ2) is 6.62. The van der Waals surface area contributed by atoms with Crippen LogP contribution in [0.2, 0.25) is 0 Å². The van der Waals surface area contributed by atoms with Gasteiger partial charge in [-0.05, 0) is 39.3 Å². The van der Waals surface area contributed by atoms with Crippen molar-refractivity contribution >= 4 is 24.0 Å². The molecule has 1 amide bonds. The maximum absolute atomic E-state index is 11.6. The van der Waals surface area contributed by atoms with Crippen molar-refractivity contribution in [1.82, 2.24) is 5.32 Å². The number of aryl methyl sites for hydroxylation is 1. The molecule has 96 valence electrons. The fourth-order valence-corrected chi connectivity index (χ4v) is 1.25. The normalized spacial score (nSPS) is 10.6. The molecule has 0 aliphatic heterocycles. The van der Waals surface area contributed by atoms with Crippen LogP contribution in [0.25, 0.3) is 0 Å². The summed E-state index contributed by atoms with van der Waals surface area (Å²) in [7, 11) is 0. The monoisotopic (exact) mass is 256 g/mol. The summed E-state index contributed by atoms with van der Waals surface area (Å²) in [6.07, 6.45) is 0. The van der Waals surface area contributed by atoms with Crippen molar-refractivity contribution in [1.29, 1.82) is 0 Å². The fourth-order valence-electron chi connectivity index (χ4n) is 1.25. The van der Waals surface area contributed by atoms with Crippen molar-refractivity contribution in [3.05, 3.63) is 29.8 Å². The van der Waals surface area contributed by atoms with Crippen molar-refractivity contribution in [3.63, 3.8) is 0 Å². The summed E-state index contributed by atoms with van der Waals surface area (Å²) in [4.78, 5) is 11.6. The van der Waals surface area contributed by atoms with Crippen LogP contribution in [-0.2, 0) is 4.79 Å². The van der Waals surface area contributed by atoms with Gasteiger partial charge in [0.05, 0.1) is 6.54 Å². The largest absolute Gasteiger partial charge is 0.325 e. The number of nitrogens with one attached hydrogen (secondary N) is 2. The zero-order valence-corrected chi connectivity index (χ0v) is 11.6. The highest BCUT2D eigenvalue weighted by molar-refractivity contribution is 5.92. The Balaban J connectivity index is 0.00000256. The Labute approximate surface area is 109 Å². The van der Waals surface area contributed by atoms with Gasteiger partial charge in [0.15, 0.2) is 0 Å². The van der Waals surface area contributed by atoms with Crippen molar-refractivity contribution in [2.45, 2.75) is 33.2 Å². The summed E-state index contributed by atoms with van der Waals surface area (Å²) in [5.74, 6) is -0.00998. The highest BCUT2D eigenvalue weighted by Crippen LogP contribution is 2.12. The molecule has 1 rings (SSSR count). The number of anilines is 1. The number of para-hydroxylation sites is 1. The molecular weight excluding hydrogens is 236 g/mol. The van der Waals surface area contributed by atoms with Gasteiger partial charge >= 0.3 is 0 Å². The average molecular weight is 257 g/mol. The van der Waals surface area contributed by atoms with Crippen molar-refractivity contribution < 1.29 is 4.79 Å². The van der Waals surface area contributed by atoms with E-state index in [1.54, 1.807) is 0 Å². The second-order valence-corrected chi connectivity index (χ2v) is 4.97. The van der Waals surface area contributed by atoms with Gasteiger partial charge in [-0.2, -0.15) is 0 Å². The third-order valence-electron chi connectivity index (χ3n) is 2.20. The summed E-state index contributed by atoms with van der Waals surface area (Å²) in [6, 6.07) is 7.76. The minimum atomic E-state index is -0.0386. The highest BCUT2D eigenvalue weighted by atomic mass is 35.5. The number of rotatable bonds is 3. The van der Waals surface area contributed by atoms with Crippen molar-refractivity contribution in [2.75, 3.05) is 11.9 Å². The molecule has 0 saturated carbocycles. The van der Waals surface area contributed by atoms with Crippen LogP contribution in [-0.4, -0.2) is 18.0 Å². The van der Waals surface area contributed by atoms with Crippen LogP contribution in [0.1, 0.15) is 26.3 Å². The van der Waals surface area contributed by atoms with Crippen molar-refractivity contribution in [3.8, 4) is 0 Å². The quantitative estimate of drug-likeness (QED) is 0.873. The van der Waals surface area contributed by atoms with E-state index in [2.05, 4.69) is 10.6 Å². The smallest absolute Gasteiger partial charge is 0.238 e. The molecule has 0 aromatic heterocycles. The lowest BCUT2D eigenvalue weighted by atomic mass is 10.1. The first kappa shape index (κ1) is 15.9. The Morgan fingerprint density at radius 1 is 1.24 bits per heavy atom. The summed E-state index contributed by atoms with van der Waals surface area (Å²) < 4.78 is 0. The van der Waals surface area contributed by atoms with E-state index in [9.17, 15) is 4.79 Å². The van der Waals surface area contributed by atoms with Gasteiger partial charge in [-0.25, -0.2) is 0 Å². The van der Waals surface area contributed by atoms with Crippen LogP contribution >= 0.6 is 12.4 Å². The average Bonchev–Trinajstić information content (AvgIpc) is 2.18. The van der Waals surface area contributed by atoms with Gasteiger partial charge < -0.3 is 10.6 Å². The number of benzene rings is 1. The van der Waals surface area contributed by atoms with E-state index in [1.165, 1.54) is 0 Å². The topological polar surface area (TPSA) is 41.1 Å². The first-order valence-corrected chi connectivity index (χ1v) is 5.49. The van der Waals surface area contributed by atoms with Gasteiger partial charge in [-0.1, -0.05) is 18.2 Å². The third-order valence-corrected chi connectivity index (χ3v) is 2.20. The molecular formula is C13H21ClN2O. The van der Waals surface area contributed by atoms with Crippen LogP contribution in [0.5, 0.6) is 0 Å². The number of carbonyl (C=O) groups is 1. The molecule has 0 aliphatic carbocycles. The van der Waals surface area contributed by atoms with Crippen LogP contribution in [0.15, 0.2) is 24.3 Å². The van der Waals surface area contributed by atoms with E-state index in [1.807, 2.05) is 52.0 Å². The minimum absolute atomic E-state index is 0. The molecule has 0 unspecified atom stereocenters. The molecule has 0 heterocycles. The van der Waals surface area contributed by atoms with Gasteiger partial charge in [0, 0.05) is 11.2 Å².